The third-order valence-electron chi connectivity index (χ3n) is 4.27. The standard InChI is InChI=1S/C18H20N2O2/c1-13-9-17(16-3-2-8-19-10-16)20(11-13)12-14-4-6-15(7-5-14)18(21)22/h2-8,10,13,17H,9,11-12H2,1H3,(H,21,22). The number of carboxylic acids is 1. The van der Waals surface area contributed by atoms with Gasteiger partial charge in [-0.2, -0.15) is 0 Å². The molecule has 0 spiro atoms. The van der Waals surface area contributed by atoms with Crippen LogP contribution >= 0.6 is 0 Å². The van der Waals surface area contributed by atoms with Crippen LogP contribution in [0.2, 0.25) is 0 Å². The number of aromatic nitrogens is 1. The molecule has 0 bridgehead atoms. The fraction of sp³-hybridized carbons (Fsp3) is 0.333. The summed E-state index contributed by atoms with van der Waals surface area (Å²) >= 11 is 0. The second-order valence-corrected chi connectivity index (χ2v) is 6.07. The number of carboxylic acid groups (broad SMARTS) is 1. The summed E-state index contributed by atoms with van der Waals surface area (Å²) in [5, 5.41) is 8.97. The molecule has 3 rings (SSSR count). The molecule has 1 saturated heterocycles. The normalized spacial score (nSPS) is 21.9. The van der Waals surface area contributed by atoms with Crippen molar-refractivity contribution in [2.45, 2.75) is 25.9 Å². The van der Waals surface area contributed by atoms with Gasteiger partial charge in [-0.3, -0.25) is 9.88 Å². The quantitative estimate of drug-likeness (QED) is 0.940. The number of aromatic carboxylic acids is 1. The van der Waals surface area contributed by atoms with Gasteiger partial charge in [-0.25, -0.2) is 4.79 Å². The second kappa shape index (κ2) is 6.28. The molecule has 114 valence electrons. The first kappa shape index (κ1) is 14.7. The minimum absolute atomic E-state index is 0.336. The molecule has 2 atom stereocenters. The average molecular weight is 296 g/mol. The van der Waals surface area contributed by atoms with Crippen molar-refractivity contribution in [2.75, 3.05) is 6.54 Å². The zero-order valence-electron chi connectivity index (χ0n) is 12.6. The number of benzene rings is 1. The lowest BCUT2D eigenvalue weighted by Gasteiger charge is -2.24. The number of carbonyl (C=O) groups is 1. The summed E-state index contributed by atoms with van der Waals surface area (Å²) in [7, 11) is 0. The summed E-state index contributed by atoms with van der Waals surface area (Å²) in [4.78, 5) is 17.6. The van der Waals surface area contributed by atoms with Gasteiger partial charge in [0.05, 0.1) is 5.56 Å². The highest BCUT2D eigenvalue weighted by atomic mass is 16.4. The molecule has 2 unspecified atom stereocenters. The van der Waals surface area contributed by atoms with Crippen LogP contribution in [-0.2, 0) is 6.54 Å². The number of likely N-dealkylation sites (tertiary alicyclic amines) is 1. The van der Waals surface area contributed by atoms with E-state index in [1.165, 1.54) is 5.56 Å². The molecule has 4 nitrogen and oxygen atoms in total. The highest BCUT2D eigenvalue weighted by molar-refractivity contribution is 5.87. The lowest BCUT2D eigenvalue weighted by Crippen LogP contribution is -2.23. The molecule has 22 heavy (non-hydrogen) atoms. The summed E-state index contributed by atoms with van der Waals surface area (Å²) in [6.45, 7) is 4.17. The fourth-order valence-corrected chi connectivity index (χ4v) is 3.21. The van der Waals surface area contributed by atoms with Crippen molar-refractivity contribution in [3.05, 3.63) is 65.5 Å². The van der Waals surface area contributed by atoms with Gasteiger partial charge in [-0.15, -0.1) is 0 Å². The Morgan fingerprint density at radius 2 is 2.09 bits per heavy atom. The monoisotopic (exact) mass is 296 g/mol. The summed E-state index contributed by atoms with van der Waals surface area (Å²) in [6.07, 6.45) is 4.89. The predicted octanol–water partition coefficient (Wildman–Crippen LogP) is 3.36. The maximum atomic E-state index is 10.9. The SMILES string of the molecule is CC1CC(c2cccnc2)N(Cc2ccc(C(=O)O)cc2)C1. The van der Waals surface area contributed by atoms with E-state index in [1.54, 1.807) is 18.3 Å². The molecule has 0 radical (unpaired) electrons. The number of nitrogens with zero attached hydrogens (tertiary/aromatic N) is 2. The number of hydrogen-bond acceptors (Lipinski definition) is 3. The van der Waals surface area contributed by atoms with Crippen LogP contribution in [0.15, 0.2) is 48.8 Å². The molecular weight excluding hydrogens is 276 g/mol. The van der Waals surface area contributed by atoms with Gasteiger partial charge in [0, 0.05) is 31.5 Å². The predicted molar refractivity (Wildman–Crippen MR) is 84.6 cm³/mol. The van der Waals surface area contributed by atoms with Gasteiger partial charge in [0.15, 0.2) is 0 Å². The summed E-state index contributed by atoms with van der Waals surface area (Å²) < 4.78 is 0. The minimum Gasteiger partial charge on any atom is -0.478 e. The van der Waals surface area contributed by atoms with Crippen molar-refractivity contribution in [3.63, 3.8) is 0 Å². The first-order valence-electron chi connectivity index (χ1n) is 7.59. The number of rotatable bonds is 4. The van der Waals surface area contributed by atoms with Crippen molar-refractivity contribution in [1.29, 1.82) is 0 Å². The topological polar surface area (TPSA) is 53.4 Å². The van der Waals surface area contributed by atoms with Gasteiger partial charge in [0.25, 0.3) is 0 Å². The molecule has 1 fully saturated rings. The highest BCUT2D eigenvalue weighted by Crippen LogP contribution is 2.35. The summed E-state index contributed by atoms with van der Waals surface area (Å²) in [5.74, 6) is -0.224. The van der Waals surface area contributed by atoms with Crippen molar-refractivity contribution in [2.24, 2.45) is 5.92 Å². The maximum absolute atomic E-state index is 10.9. The Morgan fingerprint density at radius 1 is 1.32 bits per heavy atom. The van der Waals surface area contributed by atoms with Gasteiger partial charge in [0.2, 0.25) is 0 Å². The molecule has 1 aliphatic heterocycles. The van der Waals surface area contributed by atoms with Crippen LogP contribution in [0, 0.1) is 5.92 Å². The first-order chi connectivity index (χ1) is 10.6. The Morgan fingerprint density at radius 3 is 2.73 bits per heavy atom. The van der Waals surface area contributed by atoms with E-state index in [9.17, 15) is 4.79 Å². The van der Waals surface area contributed by atoms with Gasteiger partial charge in [0.1, 0.15) is 0 Å². The molecule has 0 amide bonds. The third kappa shape index (κ3) is 3.17. The van der Waals surface area contributed by atoms with Crippen LogP contribution in [0.25, 0.3) is 0 Å². The van der Waals surface area contributed by atoms with E-state index in [4.69, 9.17) is 5.11 Å². The van der Waals surface area contributed by atoms with Crippen molar-refractivity contribution in [1.82, 2.24) is 9.88 Å². The van der Waals surface area contributed by atoms with E-state index in [0.29, 0.717) is 17.5 Å². The minimum atomic E-state index is -0.880. The molecule has 1 N–H and O–H groups in total. The van der Waals surface area contributed by atoms with Crippen LogP contribution in [0.1, 0.15) is 40.9 Å². The third-order valence-corrected chi connectivity index (χ3v) is 4.27. The highest BCUT2D eigenvalue weighted by Gasteiger charge is 2.30. The molecule has 1 aromatic carbocycles. The van der Waals surface area contributed by atoms with E-state index in [2.05, 4.69) is 22.9 Å². The molecule has 4 heteroatoms. The first-order valence-corrected chi connectivity index (χ1v) is 7.59. The number of hydrogen-bond donors (Lipinski definition) is 1. The van der Waals surface area contributed by atoms with Gasteiger partial charge < -0.3 is 5.11 Å². The van der Waals surface area contributed by atoms with Crippen LogP contribution in [-0.4, -0.2) is 27.5 Å². The van der Waals surface area contributed by atoms with Crippen LogP contribution < -0.4 is 0 Å². The Balaban J connectivity index is 1.76. The number of pyridine rings is 1. The van der Waals surface area contributed by atoms with Crippen molar-refractivity contribution in [3.8, 4) is 0 Å². The van der Waals surface area contributed by atoms with E-state index in [1.807, 2.05) is 24.4 Å². The zero-order valence-corrected chi connectivity index (χ0v) is 12.6. The lowest BCUT2D eigenvalue weighted by molar-refractivity contribution is 0.0697. The lowest BCUT2D eigenvalue weighted by atomic mass is 10.0. The molecule has 1 aliphatic rings. The van der Waals surface area contributed by atoms with Gasteiger partial charge >= 0.3 is 5.97 Å². The van der Waals surface area contributed by atoms with Gasteiger partial charge in [-0.1, -0.05) is 25.1 Å². The van der Waals surface area contributed by atoms with Crippen LogP contribution in [0.5, 0.6) is 0 Å². The molecule has 1 aromatic heterocycles. The molecule has 2 heterocycles. The fourth-order valence-electron chi connectivity index (χ4n) is 3.21. The smallest absolute Gasteiger partial charge is 0.335 e. The largest absolute Gasteiger partial charge is 0.478 e. The molecule has 2 aromatic rings. The summed E-state index contributed by atoms with van der Waals surface area (Å²) in [6, 6.07) is 11.7. The second-order valence-electron chi connectivity index (χ2n) is 6.07. The molecule has 0 aliphatic carbocycles. The van der Waals surface area contributed by atoms with E-state index >= 15 is 0 Å². The Bertz CT molecular complexity index is 640. The Labute approximate surface area is 130 Å². The van der Waals surface area contributed by atoms with E-state index in [-0.39, 0.29) is 0 Å². The van der Waals surface area contributed by atoms with Crippen LogP contribution in [0.3, 0.4) is 0 Å². The molecular formula is C18H20N2O2. The average Bonchev–Trinajstić information content (AvgIpc) is 2.89. The van der Waals surface area contributed by atoms with Crippen molar-refractivity contribution < 1.29 is 9.90 Å². The van der Waals surface area contributed by atoms with Crippen LogP contribution in [0.4, 0.5) is 0 Å². The summed E-state index contributed by atoms with van der Waals surface area (Å²) in [5.41, 5.74) is 2.74. The van der Waals surface area contributed by atoms with E-state index < -0.39 is 5.97 Å². The van der Waals surface area contributed by atoms with Gasteiger partial charge in [-0.05, 0) is 41.7 Å². The van der Waals surface area contributed by atoms with E-state index in [0.717, 1.165) is 25.1 Å². The maximum Gasteiger partial charge on any atom is 0.335 e. The Hall–Kier alpha value is -2.20. The molecule has 0 saturated carbocycles. The van der Waals surface area contributed by atoms with Crippen molar-refractivity contribution >= 4 is 5.97 Å². The zero-order chi connectivity index (χ0) is 15.5. The Kier molecular flexibility index (Phi) is 4.20.